The van der Waals surface area contributed by atoms with E-state index in [1.54, 1.807) is 0 Å². The van der Waals surface area contributed by atoms with Crippen LogP contribution in [0, 0.1) is 47.4 Å². The van der Waals surface area contributed by atoms with E-state index < -0.39 is 11.9 Å². The second-order valence-electron chi connectivity index (χ2n) is 10.0. The van der Waals surface area contributed by atoms with Gasteiger partial charge in [-0.15, -0.1) is 11.8 Å². The van der Waals surface area contributed by atoms with Gasteiger partial charge in [-0.3, -0.25) is 9.59 Å². The van der Waals surface area contributed by atoms with E-state index in [-0.39, 0.29) is 12.8 Å². The van der Waals surface area contributed by atoms with Crippen molar-refractivity contribution < 1.29 is 19.8 Å². The summed E-state index contributed by atoms with van der Waals surface area (Å²) in [6.45, 7) is 4.42. The monoisotopic (exact) mass is 600 g/mol. The van der Waals surface area contributed by atoms with Gasteiger partial charge in [0.2, 0.25) is 0 Å². The molecule has 0 aromatic heterocycles. The lowest BCUT2D eigenvalue weighted by atomic mass is 10.2. The van der Waals surface area contributed by atoms with Crippen molar-refractivity contribution in [1.29, 1.82) is 0 Å². The van der Waals surface area contributed by atoms with Gasteiger partial charge in [0.1, 0.15) is 0 Å². The fourth-order valence-corrected chi connectivity index (χ4v) is 3.41. The molecule has 0 heterocycles. The first-order valence-corrected chi connectivity index (χ1v) is 16.4. The number of carboxylic acid groups (broad SMARTS) is 2. The van der Waals surface area contributed by atoms with E-state index in [2.05, 4.69) is 110 Å². The average molecular weight is 601 g/mol. The molecule has 0 atom stereocenters. The van der Waals surface area contributed by atoms with Crippen molar-refractivity contribution >= 4 is 11.9 Å². The minimum atomic E-state index is -0.772. The third-order valence-electron chi connectivity index (χ3n) is 5.85. The Bertz CT molecular complexity index is 1080. The second kappa shape index (κ2) is 39.1. The molecular formula is C40H56O4. The normalized spacial score (nSPS) is 10.2. The quantitative estimate of drug-likeness (QED) is 0.0828. The maximum Gasteiger partial charge on any atom is 0.303 e. The highest BCUT2D eigenvalue weighted by Crippen LogP contribution is 2.01. The number of carboxylic acids is 2. The molecular weight excluding hydrogens is 544 g/mol. The molecule has 0 aromatic carbocycles. The highest BCUT2D eigenvalue weighted by Gasteiger charge is 1.93. The van der Waals surface area contributed by atoms with Gasteiger partial charge in [0.25, 0.3) is 0 Å². The molecule has 4 heteroatoms. The van der Waals surface area contributed by atoms with E-state index >= 15 is 0 Å². The van der Waals surface area contributed by atoms with Crippen molar-refractivity contribution in [2.75, 3.05) is 0 Å². The van der Waals surface area contributed by atoms with Crippen LogP contribution in [0.1, 0.15) is 142 Å². The summed E-state index contributed by atoms with van der Waals surface area (Å²) in [5.74, 6) is 22.3. The Morgan fingerprint density at radius 3 is 1.27 bits per heavy atom. The van der Waals surface area contributed by atoms with E-state index in [4.69, 9.17) is 10.2 Å². The van der Waals surface area contributed by atoms with Gasteiger partial charge >= 0.3 is 11.9 Å². The molecule has 0 fully saturated rings. The number of rotatable bonds is 20. The van der Waals surface area contributed by atoms with Crippen LogP contribution in [0.2, 0.25) is 0 Å². The molecule has 0 aliphatic heterocycles. The molecule has 0 aliphatic rings. The fourth-order valence-electron chi connectivity index (χ4n) is 3.41. The topological polar surface area (TPSA) is 74.6 Å². The summed E-state index contributed by atoms with van der Waals surface area (Å²) < 4.78 is 0. The SMILES string of the molecule is CCCCCC#CCC#CCC#CCC#CCCCC(=O)O.CCCCCC=CCC=CCC=CCC=CCCCC(=O)O. The van der Waals surface area contributed by atoms with Crippen LogP contribution >= 0.6 is 0 Å². The smallest absolute Gasteiger partial charge is 0.303 e. The van der Waals surface area contributed by atoms with Crippen molar-refractivity contribution in [3.8, 4) is 47.4 Å². The van der Waals surface area contributed by atoms with Gasteiger partial charge in [0.05, 0.1) is 19.3 Å². The van der Waals surface area contributed by atoms with Crippen molar-refractivity contribution in [1.82, 2.24) is 0 Å². The van der Waals surface area contributed by atoms with Crippen molar-refractivity contribution in [3.63, 3.8) is 0 Å². The molecule has 0 amide bonds. The van der Waals surface area contributed by atoms with Crippen molar-refractivity contribution in [2.24, 2.45) is 0 Å². The molecule has 0 aliphatic carbocycles. The van der Waals surface area contributed by atoms with E-state index in [1.807, 2.05) is 0 Å². The van der Waals surface area contributed by atoms with Crippen molar-refractivity contribution in [3.05, 3.63) is 48.6 Å². The van der Waals surface area contributed by atoms with E-state index in [0.29, 0.717) is 32.1 Å². The largest absolute Gasteiger partial charge is 0.481 e. The molecule has 0 saturated heterocycles. The number of unbranched alkanes of at least 4 members (excludes halogenated alkanes) is 8. The summed E-state index contributed by atoms with van der Waals surface area (Å²) in [5, 5.41) is 16.9. The molecule has 0 radical (unpaired) electrons. The molecule has 0 aromatic rings. The average Bonchev–Trinajstić information content (AvgIpc) is 3.00. The van der Waals surface area contributed by atoms with Crippen LogP contribution in [-0.4, -0.2) is 22.2 Å². The van der Waals surface area contributed by atoms with Crippen LogP contribution in [-0.2, 0) is 9.59 Å². The Kier molecular flexibility index (Phi) is 37.6. The van der Waals surface area contributed by atoms with Gasteiger partial charge < -0.3 is 10.2 Å². The second-order valence-corrected chi connectivity index (χ2v) is 10.0. The number of aliphatic carboxylic acids is 2. The summed E-state index contributed by atoms with van der Waals surface area (Å²) in [6, 6.07) is 0. The standard InChI is InChI=1S/C20H32O2.C20H24O2/c2*1-2-3-4-5-6-7-8-9-10-11-12-13-14-15-16-17-18-19-20(21)22/h6-7,9-10,12-13,15-16H,2-5,8,11,14,17-19H2,1H3,(H,21,22);2-5,8,11,14,17-19H2,1H3,(H,21,22). The van der Waals surface area contributed by atoms with E-state index in [0.717, 1.165) is 38.5 Å². The van der Waals surface area contributed by atoms with Gasteiger partial charge in [-0.1, -0.05) is 124 Å². The van der Waals surface area contributed by atoms with Crippen LogP contribution < -0.4 is 0 Å². The van der Waals surface area contributed by atoms with E-state index in [1.165, 1.54) is 44.9 Å². The Labute approximate surface area is 269 Å². The molecule has 0 unspecified atom stereocenters. The molecule has 240 valence electrons. The number of hydrogen-bond donors (Lipinski definition) is 2. The predicted octanol–water partition coefficient (Wildman–Crippen LogP) is 10.2. The zero-order valence-corrected chi connectivity index (χ0v) is 27.5. The lowest BCUT2D eigenvalue weighted by molar-refractivity contribution is -0.138. The lowest BCUT2D eigenvalue weighted by Crippen LogP contribution is -1.92. The highest BCUT2D eigenvalue weighted by molar-refractivity contribution is 5.66. The first-order chi connectivity index (χ1) is 21.5. The third kappa shape index (κ3) is 45.1. The first-order valence-electron chi connectivity index (χ1n) is 16.4. The van der Waals surface area contributed by atoms with Gasteiger partial charge in [-0.05, 0) is 57.8 Å². The number of hydrogen-bond acceptors (Lipinski definition) is 2. The molecule has 0 bridgehead atoms. The van der Waals surface area contributed by atoms with Crippen LogP contribution in [0.5, 0.6) is 0 Å². The zero-order valence-electron chi connectivity index (χ0n) is 27.5. The lowest BCUT2D eigenvalue weighted by Gasteiger charge is -1.90. The number of allylic oxidation sites excluding steroid dienone is 8. The molecule has 0 rings (SSSR count). The van der Waals surface area contributed by atoms with Gasteiger partial charge in [-0.25, -0.2) is 0 Å². The Balaban J connectivity index is 0. The minimum Gasteiger partial charge on any atom is -0.481 e. The van der Waals surface area contributed by atoms with E-state index in [9.17, 15) is 9.59 Å². The molecule has 0 spiro atoms. The Morgan fingerprint density at radius 1 is 0.455 bits per heavy atom. The van der Waals surface area contributed by atoms with Crippen LogP contribution in [0.15, 0.2) is 48.6 Å². The van der Waals surface area contributed by atoms with Crippen LogP contribution in [0.25, 0.3) is 0 Å². The zero-order chi connectivity index (χ0) is 32.6. The number of carbonyl (C=O) groups is 2. The molecule has 0 saturated carbocycles. The maximum absolute atomic E-state index is 10.3. The van der Waals surface area contributed by atoms with Gasteiger partial charge in [0, 0.05) is 25.7 Å². The van der Waals surface area contributed by atoms with Gasteiger partial charge in [0.15, 0.2) is 0 Å². The summed E-state index contributed by atoms with van der Waals surface area (Å²) in [7, 11) is 0. The fraction of sp³-hybridized carbons (Fsp3) is 0.550. The molecule has 44 heavy (non-hydrogen) atoms. The van der Waals surface area contributed by atoms with Crippen molar-refractivity contribution in [2.45, 2.75) is 142 Å². The minimum absolute atomic E-state index is 0.178. The van der Waals surface area contributed by atoms with Crippen LogP contribution in [0.4, 0.5) is 0 Å². The van der Waals surface area contributed by atoms with Gasteiger partial charge in [-0.2, -0.15) is 0 Å². The van der Waals surface area contributed by atoms with Crippen LogP contribution in [0.3, 0.4) is 0 Å². The first kappa shape index (κ1) is 42.3. The third-order valence-corrected chi connectivity index (χ3v) is 5.85. The molecule has 2 N–H and O–H groups in total. The maximum atomic E-state index is 10.3. The predicted molar refractivity (Wildman–Crippen MR) is 187 cm³/mol. The highest BCUT2D eigenvalue weighted by atomic mass is 16.4. The molecule has 4 nitrogen and oxygen atoms in total. The summed E-state index contributed by atoms with van der Waals surface area (Å²) in [4.78, 5) is 20.6. The summed E-state index contributed by atoms with van der Waals surface area (Å²) in [5.41, 5.74) is 0. The Hall–Kier alpha value is -3.86. The summed E-state index contributed by atoms with van der Waals surface area (Å²) in [6.07, 6.45) is 35.1. The summed E-state index contributed by atoms with van der Waals surface area (Å²) >= 11 is 0. The Morgan fingerprint density at radius 2 is 0.818 bits per heavy atom.